The van der Waals surface area contributed by atoms with E-state index in [4.69, 9.17) is 16.3 Å². The maximum atomic E-state index is 6.68. The van der Waals surface area contributed by atoms with Crippen molar-refractivity contribution in [1.82, 2.24) is 0 Å². The van der Waals surface area contributed by atoms with E-state index in [1.807, 2.05) is 0 Å². The van der Waals surface area contributed by atoms with Gasteiger partial charge in [0.25, 0.3) is 0 Å². The van der Waals surface area contributed by atoms with E-state index in [-0.39, 0.29) is 5.38 Å². The van der Waals surface area contributed by atoms with Gasteiger partial charge in [-0.3, -0.25) is 0 Å². The topological polar surface area (TPSA) is 9.23 Å². The van der Waals surface area contributed by atoms with Crippen molar-refractivity contribution in [2.75, 3.05) is 6.61 Å². The summed E-state index contributed by atoms with van der Waals surface area (Å²) < 4.78 is 6.89. The SMILES string of the molecule is CC(CC(Cl)c1cc(Br)cc2c1OCC2)CC(C)(C)C. The summed E-state index contributed by atoms with van der Waals surface area (Å²) in [5.41, 5.74) is 2.78. The molecule has 0 bridgehead atoms. The summed E-state index contributed by atoms with van der Waals surface area (Å²) in [4.78, 5) is 0. The van der Waals surface area contributed by atoms with Crippen molar-refractivity contribution in [3.63, 3.8) is 0 Å². The highest BCUT2D eigenvalue weighted by atomic mass is 79.9. The highest BCUT2D eigenvalue weighted by Crippen LogP contribution is 2.42. The van der Waals surface area contributed by atoms with Crippen molar-refractivity contribution >= 4 is 27.5 Å². The molecule has 20 heavy (non-hydrogen) atoms. The number of alkyl halides is 1. The average Bonchev–Trinajstić information content (AvgIpc) is 2.72. The second kappa shape index (κ2) is 6.27. The van der Waals surface area contributed by atoms with Crippen molar-refractivity contribution in [2.24, 2.45) is 11.3 Å². The summed E-state index contributed by atoms with van der Waals surface area (Å²) in [6.45, 7) is 9.92. The number of ether oxygens (including phenoxy) is 1. The van der Waals surface area contributed by atoms with Crippen LogP contribution >= 0.6 is 27.5 Å². The maximum absolute atomic E-state index is 6.68. The van der Waals surface area contributed by atoms with Gasteiger partial charge in [0, 0.05) is 16.5 Å². The van der Waals surface area contributed by atoms with Gasteiger partial charge in [-0.2, -0.15) is 0 Å². The van der Waals surface area contributed by atoms with Crippen LogP contribution in [0.15, 0.2) is 16.6 Å². The monoisotopic (exact) mass is 358 g/mol. The minimum absolute atomic E-state index is 0.0247. The predicted octanol–water partition coefficient (Wildman–Crippen LogP) is 6.13. The Balaban J connectivity index is 2.12. The van der Waals surface area contributed by atoms with Gasteiger partial charge in [-0.25, -0.2) is 0 Å². The van der Waals surface area contributed by atoms with Crippen LogP contribution in [0, 0.1) is 11.3 Å². The molecule has 0 radical (unpaired) electrons. The maximum Gasteiger partial charge on any atom is 0.127 e. The molecule has 0 N–H and O–H groups in total. The molecule has 1 nitrogen and oxygen atoms in total. The molecule has 0 amide bonds. The lowest BCUT2D eigenvalue weighted by atomic mass is 9.83. The lowest BCUT2D eigenvalue weighted by molar-refractivity contribution is 0.294. The summed E-state index contributed by atoms with van der Waals surface area (Å²) >= 11 is 10.3. The van der Waals surface area contributed by atoms with Gasteiger partial charge in [0.2, 0.25) is 0 Å². The fraction of sp³-hybridized carbons (Fsp3) is 0.647. The van der Waals surface area contributed by atoms with E-state index in [1.165, 1.54) is 12.0 Å². The Morgan fingerprint density at radius 1 is 1.35 bits per heavy atom. The molecule has 1 aromatic carbocycles. The summed E-state index contributed by atoms with van der Waals surface area (Å²) in [5.74, 6) is 1.63. The molecular weight excluding hydrogens is 336 g/mol. The van der Waals surface area contributed by atoms with Crippen LogP contribution in [-0.4, -0.2) is 6.61 Å². The van der Waals surface area contributed by atoms with Crippen LogP contribution in [0.4, 0.5) is 0 Å². The van der Waals surface area contributed by atoms with E-state index in [9.17, 15) is 0 Å². The zero-order valence-corrected chi connectivity index (χ0v) is 15.1. The fourth-order valence-electron chi connectivity index (χ4n) is 3.14. The molecule has 0 spiro atoms. The largest absolute Gasteiger partial charge is 0.493 e. The van der Waals surface area contributed by atoms with Crippen LogP contribution in [0.5, 0.6) is 5.75 Å². The standard InChI is InChI=1S/C17H24BrClO/c1-11(10-17(2,3)4)7-15(19)14-9-13(18)8-12-5-6-20-16(12)14/h8-9,11,15H,5-7,10H2,1-4H3. The third-order valence-corrected chi connectivity index (χ3v) is 4.56. The first-order valence-corrected chi connectivity index (χ1v) is 8.58. The predicted molar refractivity (Wildman–Crippen MR) is 89.8 cm³/mol. The first-order valence-electron chi connectivity index (χ1n) is 7.35. The Bertz CT molecular complexity index is 479. The molecule has 3 heteroatoms. The second-order valence-electron chi connectivity index (χ2n) is 7.15. The number of fused-ring (bicyclic) bond motifs is 1. The molecule has 0 fully saturated rings. The van der Waals surface area contributed by atoms with Crippen LogP contribution < -0.4 is 4.74 Å². The lowest BCUT2D eigenvalue weighted by Gasteiger charge is -2.25. The molecule has 1 aliphatic heterocycles. The minimum atomic E-state index is 0.0247. The van der Waals surface area contributed by atoms with Crippen LogP contribution in [0.3, 0.4) is 0 Å². The lowest BCUT2D eigenvalue weighted by Crippen LogP contribution is -2.12. The Labute approximate surface area is 136 Å². The van der Waals surface area contributed by atoms with Gasteiger partial charge in [0.1, 0.15) is 5.75 Å². The Kier molecular flexibility index (Phi) is 5.07. The molecular formula is C17H24BrClO. The van der Waals surface area contributed by atoms with Gasteiger partial charge >= 0.3 is 0 Å². The molecule has 0 saturated carbocycles. The summed E-state index contributed by atoms with van der Waals surface area (Å²) in [6, 6.07) is 4.26. The van der Waals surface area contributed by atoms with Crippen molar-refractivity contribution in [2.45, 2.75) is 52.3 Å². The van der Waals surface area contributed by atoms with Gasteiger partial charge in [-0.1, -0.05) is 43.6 Å². The first kappa shape index (κ1) is 16.2. The second-order valence-corrected chi connectivity index (χ2v) is 8.60. The van der Waals surface area contributed by atoms with Crippen molar-refractivity contribution in [3.8, 4) is 5.75 Å². The number of hydrogen-bond donors (Lipinski definition) is 0. The molecule has 2 unspecified atom stereocenters. The van der Waals surface area contributed by atoms with Gasteiger partial charge in [0.05, 0.1) is 12.0 Å². The Morgan fingerprint density at radius 2 is 2.05 bits per heavy atom. The van der Waals surface area contributed by atoms with Crippen molar-refractivity contribution in [3.05, 3.63) is 27.7 Å². The van der Waals surface area contributed by atoms with Crippen molar-refractivity contribution < 1.29 is 4.74 Å². The van der Waals surface area contributed by atoms with E-state index < -0.39 is 0 Å². The van der Waals surface area contributed by atoms with Crippen LogP contribution in [0.1, 0.15) is 57.0 Å². The zero-order valence-electron chi connectivity index (χ0n) is 12.8. The summed E-state index contributed by atoms with van der Waals surface area (Å²) in [5, 5.41) is 0.0247. The molecule has 0 saturated heterocycles. The molecule has 2 rings (SSSR count). The zero-order chi connectivity index (χ0) is 14.9. The van der Waals surface area contributed by atoms with Gasteiger partial charge in [0.15, 0.2) is 0 Å². The number of halogens is 2. The van der Waals surface area contributed by atoms with E-state index in [2.05, 4.69) is 55.8 Å². The molecule has 1 aliphatic rings. The van der Waals surface area contributed by atoms with Crippen molar-refractivity contribution in [1.29, 1.82) is 0 Å². The summed E-state index contributed by atoms with van der Waals surface area (Å²) in [7, 11) is 0. The van der Waals surface area contributed by atoms with E-state index in [0.717, 1.165) is 35.2 Å². The third-order valence-electron chi connectivity index (χ3n) is 3.68. The normalized spacial score (nSPS) is 17.5. The highest BCUT2D eigenvalue weighted by molar-refractivity contribution is 9.10. The fourth-order valence-corrected chi connectivity index (χ4v) is 4.13. The number of hydrogen-bond acceptors (Lipinski definition) is 1. The van der Waals surface area contributed by atoms with E-state index in [1.54, 1.807) is 0 Å². The third kappa shape index (κ3) is 4.14. The Hall–Kier alpha value is -0.210. The molecule has 2 atom stereocenters. The van der Waals surface area contributed by atoms with Gasteiger partial charge in [-0.15, -0.1) is 11.6 Å². The first-order chi connectivity index (χ1) is 9.26. The number of rotatable bonds is 4. The molecule has 1 heterocycles. The highest BCUT2D eigenvalue weighted by Gasteiger charge is 2.24. The van der Waals surface area contributed by atoms with Crippen LogP contribution in [-0.2, 0) is 6.42 Å². The van der Waals surface area contributed by atoms with E-state index in [0.29, 0.717) is 11.3 Å². The number of benzene rings is 1. The molecule has 112 valence electrons. The van der Waals surface area contributed by atoms with Gasteiger partial charge < -0.3 is 4.74 Å². The molecule has 1 aromatic rings. The quantitative estimate of drug-likeness (QED) is 0.588. The van der Waals surface area contributed by atoms with E-state index >= 15 is 0 Å². The average molecular weight is 360 g/mol. The summed E-state index contributed by atoms with van der Waals surface area (Å²) in [6.07, 6.45) is 3.17. The minimum Gasteiger partial charge on any atom is -0.493 e. The Morgan fingerprint density at radius 3 is 2.70 bits per heavy atom. The van der Waals surface area contributed by atoms with Gasteiger partial charge in [-0.05, 0) is 41.9 Å². The smallest absolute Gasteiger partial charge is 0.127 e. The van der Waals surface area contributed by atoms with Crippen LogP contribution in [0.25, 0.3) is 0 Å². The molecule has 0 aromatic heterocycles. The van der Waals surface area contributed by atoms with Crippen LogP contribution in [0.2, 0.25) is 0 Å². The molecule has 0 aliphatic carbocycles.